The Morgan fingerprint density at radius 3 is 2.45 bits per heavy atom. The molecule has 0 spiro atoms. The smallest absolute Gasteiger partial charge is 0.243 e. The highest BCUT2D eigenvalue weighted by Gasteiger charge is 2.29. The van der Waals surface area contributed by atoms with Crippen molar-refractivity contribution in [2.24, 2.45) is 11.0 Å². The summed E-state index contributed by atoms with van der Waals surface area (Å²) in [5.74, 6) is 0.0519. The summed E-state index contributed by atoms with van der Waals surface area (Å²) in [5.41, 5.74) is 3.94. The van der Waals surface area contributed by atoms with Crippen molar-refractivity contribution < 1.29 is 13.2 Å². The number of hydrogen-bond acceptors (Lipinski definition) is 4. The highest BCUT2D eigenvalue weighted by molar-refractivity contribution is 7.89. The molecule has 0 saturated heterocycles. The molecule has 2 rings (SSSR count). The summed E-state index contributed by atoms with van der Waals surface area (Å²) in [6, 6.07) is 6.44. The standard InChI is InChI=1S/C15H21N3O3S/c1-3-10-16-22(20,21)14-8-6-12(7-9-14)11(2)17-18-15(19)13-4-5-13/h6-9,13,16H,3-5,10H2,1-2H3,(H,18,19)/b17-11-. The van der Waals surface area contributed by atoms with E-state index >= 15 is 0 Å². The van der Waals surface area contributed by atoms with Gasteiger partial charge in [0.05, 0.1) is 10.6 Å². The molecule has 1 aliphatic rings. The number of hydrazone groups is 1. The second-order valence-electron chi connectivity index (χ2n) is 5.37. The Morgan fingerprint density at radius 2 is 1.91 bits per heavy atom. The molecular weight excluding hydrogens is 302 g/mol. The van der Waals surface area contributed by atoms with Crippen LogP contribution in [-0.2, 0) is 14.8 Å². The van der Waals surface area contributed by atoms with E-state index in [4.69, 9.17) is 0 Å². The number of hydrogen-bond donors (Lipinski definition) is 2. The number of nitrogens with one attached hydrogen (secondary N) is 2. The first-order valence-electron chi connectivity index (χ1n) is 7.38. The zero-order valence-corrected chi connectivity index (χ0v) is 13.6. The molecule has 0 aliphatic heterocycles. The molecule has 0 unspecified atom stereocenters. The van der Waals surface area contributed by atoms with E-state index in [-0.39, 0.29) is 16.7 Å². The second kappa shape index (κ2) is 7.02. The maximum Gasteiger partial charge on any atom is 0.243 e. The summed E-state index contributed by atoms with van der Waals surface area (Å²) in [6.45, 7) is 4.09. The topological polar surface area (TPSA) is 87.6 Å². The maximum atomic E-state index is 12.0. The van der Waals surface area contributed by atoms with E-state index in [0.717, 1.165) is 24.8 Å². The molecule has 1 fully saturated rings. The Hall–Kier alpha value is -1.73. The fourth-order valence-electron chi connectivity index (χ4n) is 1.84. The van der Waals surface area contributed by atoms with Gasteiger partial charge in [-0.25, -0.2) is 18.6 Å². The van der Waals surface area contributed by atoms with Gasteiger partial charge in [0, 0.05) is 12.5 Å². The minimum atomic E-state index is -3.45. The van der Waals surface area contributed by atoms with Crippen LogP contribution in [0, 0.1) is 5.92 Å². The van der Waals surface area contributed by atoms with Crippen molar-refractivity contribution >= 4 is 21.6 Å². The number of amides is 1. The third kappa shape index (κ3) is 4.38. The molecule has 1 amide bonds. The molecule has 0 aromatic heterocycles. The van der Waals surface area contributed by atoms with Crippen molar-refractivity contribution in [1.82, 2.24) is 10.1 Å². The number of nitrogens with zero attached hydrogens (tertiary/aromatic N) is 1. The van der Waals surface area contributed by atoms with Gasteiger partial charge in [0.25, 0.3) is 0 Å². The quantitative estimate of drug-likeness (QED) is 0.590. The number of carbonyl (C=O) groups is 1. The van der Waals surface area contributed by atoms with E-state index in [9.17, 15) is 13.2 Å². The number of carbonyl (C=O) groups excluding carboxylic acids is 1. The van der Waals surface area contributed by atoms with Gasteiger partial charge in [0.2, 0.25) is 15.9 Å². The van der Waals surface area contributed by atoms with Crippen molar-refractivity contribution in [3.63, 3.8) is 0 Å². The molecular formula is C15H21N3O3S. The molecule has 0 radical (unpaired) electrons. The Labute approximate surface area is 131 Å². The summed E-state index contributed by atoms with van der Waals surface area (Å²) in [5, 5.41) is 4.05. The number of rotatable bonds is 7. The molecule has 1 aromatic carbocycles. The van der Waals surface area contributed by atoms with Gasteiger partial charge in [0.1, 0.15) is 0 Å². The van der Waals surface area contributed by atoms with Crippen molar-refractivity contribution in [3.8, 4) is 0 Å². The van der Waals surface area contributed by atoms with Crippen LogP contribution in [0.5, 0.6) is 0 Å². The van der Waals surface area contributed by atoms with Gasteiger partial charge in [0.15, 0.2) is 0 Å². The highest BCUT2D eigenvalue weighted by Crippen LogP contribution is 2.28. The van der Waals surface area contributed by atoms with Crippen molar-refractivity contribution in [3.05, 3.63) is 29.8 Å². The van der Waals surface area contributed by atoms with Crippen LogP contribution in [0.25, 0.3) is 0 Å². The Morgan fingerprint density at radius 1 is 1.27 bits per heavy atom. The predicted molar refractivity (Wildman–Crippen MR) is 85.0 cm³/mol. The van der Waals surface area contributed by atoms with Crippen LogP contribution < -0.4 is 10.1 Å². The summed E-state index contributed by atoms with van der Waals surface area (Å²) in [6.07, 6.45) is 2.60. The van der Waals surface area contributed by atoms with E-state index in [1.165, 1.54) is 12.1 Å². The van der Waals surface area contributed by atoms with Crippen LogP contribution in [0.2, 0.25) is 0 Å². The lowest BCUT2D eigenvalue weighted by Crippen LogP contribution is -2.24. The number of benzene rings is 1. The van der Waals surface area contributed by atoms with Crippen molar-refractivity contribution in [2.75, 3.05) is 6.54 Å². The average molecular weight is 323 g/mol. The summed E-state index contributed by atoms with van der Waals surface area (Å²) in [4.78, 5) is 11.7. The molecule has 1 aliphatic carbocycles. The first kappa shape index (κ1) is 16.6. The predicted octanol–water partition coefficient (Wildman–Crippen LogP) is 1.63. The lowest BCUT2D eigenvalue weighted by molar-refractivity contribution is -0.122. The fraction of sp³-hybridized carbons (Fsp3) is 0.467. The molecule has 120 valence electrons. The van der Waals surface area contributed by atoms with Crippen LogP contribution in [0.1, 0.15) is 38.7 Å². The normalized spacial score (nSPS) is 15.6. The molecule has 2 N–H and O–H groups in total. The first-order chi connectivity index (χ1) is 10.4. The van der Waals surface area contributed by atoms with Crippen molar-refractivity contribution in [1.29, 1.82) is 0 Å². The fourth-order valence-corrected chi connectivity index (χ4v) is 2.97. The molecule has 22 heavy (non-hydrogen) atoms. The molecule has 0 heterocycles. The van der Waals surface area contributed by atoms with E-state index in [2.05, 4.69) is 15.2 Å². The monoisotopic (exact) mass is 323 g/mol. The average Bonchev–Trinajstić information content (AvgIpc) is 3.35. The van der Waals surface area contributed by atoms with Gasteiger partial charge < -0.3 is 0 Å². The van der Waals surface area contributed by atoms with Crippen LogP contribution in [-0.4, -0.2) is 26.6 Å². The van der Waals surface area contributed by atoms with E-state index in [1.54, 1.807) is 19.1 Å². The largest absolute Gasteiger partial charge is 0.273 e. The van der Waals surface area contributed by atoms with Crippen molar-refractivity contribution in [2.45, 2.75) is 38.0 Å². The highest BCUT2D eigenvalue weighted by atomic mass is 32.2. The Balaban J connectivity index is 2.04. The zero-order valence-electron chi connectivity index (χ0n) is 12.8. The van der Waals surface area contributed by atoms with Crippen LogP contribution in [0.3, 0.4) is 0 Å². The summed E-state index contributed by atoms with van der Waals surface area (Å²) < 4.78 is 26.5. The molecule has 6 nitrogen and oxygen atoms in total. The molecule has 0 atom stereocenters. The maximum absolute atomic E-state index is 12.0. The molecule has 7 heteroatoms. The van der Waals surface area contributed by atoms with Gasteiger partial charge >= 0.3 is 0 Å². The van der Waals surface area contributed by atoms with Crippen LogP contribution >= 0.6 is 0 Å². The summed E-state index contributed by atoms with van der Waals surface area (Å²) >= 11 is 0. The first-order valence-corrected chi connectivity index (χ1v) is 8.86. The Bertz CT molecular complexity index is 662. The zero-order chi connectivity index (χ0) is 16.2. The van der Waals surface area contributed by atoms with Gasteiger partial charge in [-0.1, -0.05) is 19.1 Å². The Kier molecular flexibility index (Phi) is 5.31. The molecule has 1 aromatic rings. The van der Waals surface area contributed by atoms with Crippen LogP contribution in [0.4, 0.5) is 0 Å². The van der Waals surface area contributed by atoms with Gasteiger partial charge in [-0.05, 0) is 43.9 Å². The number of sulfonamides is 1. The molecule has 0 bridgehead atoms. The van der Waals surface area contributed by atoms with E-state index in [1.807, 2.05) is 6.92 Å². The lowest BCUT2D eigenvalue weighted by atomic mass is 10.1. The minimum absolute atomic E-state index is 0.0534. The summed E-state index contributed by atoms with van der Waals surface area (Å²) in [7, 11) is -3.45. The van der Waals surface area contributed by atoms with Gasteiger partial charge in [-0.2, -0.15) is 5.10 Å². The van der Waals surface area contributed by atoms with E-state index < -0.39 is 10.0 Å². The van der Waals surface area contributed by atoms with Gasteiger partial charge in [-0.15, -0.1) is 0 Å². The molecule has 1 saturated carbocycles. The van der Waals surface area contributed by atoms with E-state index in [0.29, 0.717) is 12.3 Å². The SMILES string of the molecule is CCCNS(=O)(=O)c1ccc(/C(C)=N\NC(=O)C2CC2)cc1. The third-order valence-corrected chi connectivity index (χ3v) is 4.88. The van der Waals surface area contributed by atoms with Crippen LogP contribution in [0.15, 0.2) is 34.3 Å². The minimum Gasteiger partial charge on any atom is -0.273 e. The second-order valence-corrected chi connectivity index (χ2v) is 7.14. The third-order valence-electron chi connectivity index (χ3n) is 3.41. The van der Waals surface area contributed by atoms with Gasteiger partial charge in [-0.3, -0.25) is 4.79 Å². The lowest BCUT2D eigenvalue weighted by Gasteiger charge is -2.07.